The van der Waals surface area contributed by atoms with E-state index < -0.39 is 12.0 Å². The fraction of sp³-hybridized carbons (Fsp3) is 0.600. The van der Waals surface area contributed by atoms with Gasteiger partial charge in [0.1, 0.15) is 5.82 Å². The zero-order valence-electron chi connectivity index (χ0n) is 14.2. The number of benzene rings is 1. The van der Waals surface area contributed by atoms with Gasteiger partial charge >= 0.3 is 6.18 Å². The van der Waals surface area contributed by atoms with E-state index in [4.69, 9.17) is 0 Å². The van der Waals surface area contributed by atoms with Crippen molar-refractivity contribution in [1.29, 1.82) is 0 Å². The van der Waals surface area contributed by atoms with E-state index in [0.717, 1.165) is 30.4 Å². The second kappa shape index (κ2) is 8.68. The first-order valence-electron chi connectivity index (χ1n) is 8.94. The van der Waals surface area contributed by atoms with Crippen LogP contribution in [0.5, 0.6) is 0 Å². The normalized spacial score (nSPS) is 22.2. The van der Waals surface area contributed by atoms with Gasteiger partial charge in [-0.3, -0.25) is 0 Å². The summed E-state index contributed by atoms with van der Waals surface area (Å²) >= 11 is 0. The van der Waals surface area contributed by atoms with Crippen molar-refractivity contribution in [1.82, 2.24) is 0 Å². The summed E-state index contributed by atoms with van der Waals surface area (Å²) in [5, 5.41) is 0. The van der Waals surface area contributed by atoms with Crippen LogP contribution in [0.25, 0.3) is 6.08 Å². The second-order valence-corrected chi connectivity index (χ2v) is 6.87. The lowest BCUT2D eigenvalue weighted by Gasteiger charge is -2.29. The number of allylic oxidation sites excluding steroid dienone is 1. The third-order valence-corrected chi connectivity index (χ3v) is 5.01. The average Bonchev–Trinajstić information content (AvgIpc) is 2.54. The minimum Gasteiger partial charge on any atom is -0.206 e. The van der Waals surface area contributed by atoms with Gasteiger partial charge in [-0.15, -0.1) is 0 Å². The molecule has 1 aromatic rings. The molecule has 0 unspecified atom stereocenters. The van der Waals surface area contributed by atoms with Crippen LogP contribution in [-0.4, -0.2) is 6.18 Å². The first-order chi connectivity index (χ1) is 11.4. The van der Waals surface area contributed by atoms with Crippen molar-refractivity contribution in [3.63, 3.8) is 0 Å². The summed E-state index contributed by atoms with van der Waals surface area (Å²) in [5.41, 5.74) is 0.910. The molecular weight excluding hydrogens is 316 g/mol. The lowest BCUT2D eigenvalue weighted by Crippen LogP contribution is -2.13. The van der Waals surface area contributed by atoms with Crippen molar-refractivity contribution in [3.8, 4) is 0 Å². The van der Waals surface area contributed by atoms with E-state index in [1.807, 2.05) is 0 Å². The minimum atomic E-state index is -4.42. The summed E-state index contributed by atoms with van der Waals surface area (Å²) in [5.74, 6) is 0.548. The highest BCUT2D eigenvalue weighted by Gasteiger charge is 2.24. The Morgan fingerprint density at radius 1 is 1.08 bits per heavy atom. The third-order valence-electron chi connectivity index (χ3n) is 5.01. The van der Waals surface area contributed by atoms with Crippen LogP contribution in [0.1, 0.15) is 75.3 Å². The van der Waals surface area contributed by atoms with Crippen LogP contribution in [0, 0.1) is 11.7 Å². The Balaban J connectivity index is 1.92. The second-order valence-electron chi connectivity index (χ2n) is 6.87. The van der Waals surface area contributed by atoms with E-state index in [0.29, 0.717) is 5.92 Å². The minimum absolute atomic E-state index is 0.00988. The van der Waals surface area contributed by atoms with Crippen LogP contribution in [0.15, 0.2) is 24.3 Å². The number of halogens is 4. The summed E-state index contributed by atoms with van der Waals surface area (Å²) < 4.78 is 50.6. The molecule has 1 aliphatic carbocycles. The van der Waals surface area contributed by atoms with Crippen LogP contribution in [0.4, 0.5) is 17.6 Å². The molecule has 1 aromatic carbocycles. The topological polar surface area (TPSA) is 0 Å². The molecule has 1 aliphatic rings. The van der Waals surface area contributed by atoms with E-state index >= 15 is 0 Å². The Labute approximate surface area is 142 Å². The molecular formula is C20H26F4. The first kappa shape index (κ1) is 19.0. The molecule has 0 amide bonds. The van der Waals surface area contributed by atoms with Gasteiger partial charge in [0.25, 0.3) is 0 Å². The number of rotatable bonds is 6. The maximum absolute atomic E-state index is 14.0. The average molecular weight is 342 g/mol. The summed E-state index contributed by atoms with van der Waals surface area (Å²) in [4.78, 5) is 0. The van der Waals surface area contributed by atoms with Gasteiger partial charge in [0, 0.05) is 11.6 Å². The van der Waals surface area contributed by atoms with Gasteiger partial charge in [-0.05, 0) is 55.2 Å². The molecule has 0 aromatic heterocycles. The molecule has 0 nitrogen and oxygen atoms in total. The predicted octanol–water partition coefficient (Wildman–Crippen LogP) is 7.26. The molecule has 2 rings (SSSR count). The number of unbranched alkanes of at least 4 members (excludes halogenated alkanes) is 2. The molecule has 134 valence electrons. The molecule has 0 aliphatic heterocycles. The van der Waals surface area contributed by atoms with Gasteiger partial charge in [-0.25, -0.2) is 4.39 Å². The Morgan fingerprint density at radius 2 is 1.79 bits per heavy atom. The third kappa shape index (κ3) is 5.95. The van der Waals surface area contributed by atoms with Gasteiger partial charge in [0.05, 0.1) is 0 Å². The molecule has 4 heteroatoms. The summed E-state index contributed by atoms with van der Waals surface area (Å²) in [6.07, 6.45) is 6.01. The predicted molar refractivity (Wildman–Crippen MR) is 90.3 cm³/mol. The monoisotopic (exact) mass is 342 g/mol. The van der Waals surface area contributed by atoms with Crippen LogP contribution in [-0.2, 0) is 0 Å². The van der Waals surface area contributed by atoms with Crippen molar-refractivity contribution in [2.24, 2.45) is 5.92 Å². The van der Waals surface area contributed by atoms with Crippen molar-refractivity contribution < 1.29 is 17.6 Å². The SMILES string of the molecule is CCCCCC1CCC(c2ccc(C=CC(F)(F)F)c(F)c2)CC1. The Hall–Kier alpha value is -1.32. The van der Waals surface area contributed by atoms with E-state index in [1.165, 1.54) is 50.7 Å². The maximum atomic E-state index is 14.0. The molecule has 24 heavy (non-hydrogen) atoms. The van der Waals surface area contributed by atoms with Crippen molar-refractivity contribution in [2.75, 3.05) is 0 Å². The highest BCUT2D eigenvalue weighted by molar-refractivity contribution is 5.51. The molecule has 1 saturated carbocycles. The molecule has 0 N–H and O–H groups in total. The van der Waals surface area contributed by atoms with Gasteiger partial charge in [-0.1, -0.05) is 44.7 Å². The number of hydrogen-bond donors (Lipinski definition) is 0. The molecule has 0 radical (unpaired) electrons. The van der Waals surface area contributed by atoms with Crippen LogP contribution in [0.3, 0.4) is 0 Å². The Bertz CT molecular complexity index is 537. The van der Waals surface area contributed by atoms with Crippen LogP contribution < -0.4 is 0 Å². The van der Waals surface area contributed by atoms with E-state index in [9.17, 15) is 17.6 Å². The smallest absolute Gasteiger partial charge is 0.206 e. The van der Waals surface area contributed by atoms with Gasteiger partial charge in [0.15, 0.2) is 0 Å². The Kier molecular flexibility index (Phi) is 6.88. The lowest BCUT2D eigenvalue weighted by molar-refractivity contribution is -0.0790. The summed E-state index contributed by atoms with van der Waals surface area (Å²) in [6.45, 7) is 2.21. The first-order valence-corrected chi connectivity index (χ1v) is 8.94. The van der Waals surface area contributed by atoms with Gasteiger partial charge in [0.2, 0.25) is 0 Å². The fourth-order valence-electron chi connectivity index (χ4n) is 3.58. The quantitative estimate of drug-likeness (QED) is 0.377. The van der Waals surface area contributed by atoms with Crippen molar-refractivity contribution in [3.05, 3.63) is 41.2 Å². The highest BCUT2D eigenvalue weighted by Crippen LogP contribution is 2.38. The maximum Gasteiger partial charge on any atom is 0.409 e. The summed E-state index contributed by atoms with van der Waals surface area (Å²) in [7, 11) is 0. The standard InChI is InChI=1S/C20H26F4/c1-2-3-4-5-15-6-8-16(9-7-15)18-11-10-17(19(21)14-18)12-13-20(22,23)24/h10-16H,2-9H2,1H3. The van der Waals surface area contributed by atoms with E-state index in [1.54, 1.807) is 6.07 Å². The lowest BCUT2D eigenvalue weighted by atomic mass is 9.77. The molecule has 0 bridgehead atoms. The molecule has 0 saturated heterocycles. The molecule has 1 fully saturated rings. The largest absolute Gasteiger partial charge is 0.409 e. The van der Waals surface area contributed by atoms with Crippen LogP contribution in [0.2, 0.25) is 0 Å². The van der Waals surface area contributed by atoms with E-state index in [-0.39, 0.29) is 11.6 Å². The number of alkyl halides is 3. The summed E-state index contributed by atoms with van der Waals surface area (Å²) in [6, 6.07) is 4.65. The fourth-order valence-corrected chi connectivity index (χ4v) is 3.58. The Morgan fingerprint density at radius 3 is 2.38 bits per heavy atom. The van der Waals surface area contributed by atoms with Crippen molar-refractivity contribution >= 4 is 6.08 Å². The molecule has 0 spiro atoms. The van der Waals surface area contributed by atoms with Crippen LogP contribution >= 0.6 is 0 Å². The highest BCUT2D eigenvalue weighted by atomic mass is 19.4. The van der Waals surface area contributed by atoms with Gasteiger partial charge in [-0.2, -0.15) is 13.2 Å². The van der Waals surface area contributed by atoms with Gasteiger partial charge < -0.3 is 0 Å². The zero-order chi connectivity index (χ0) is 17.6. The number of hydrogen-bond acceptors (Lipinski definition) is 0. The molecule has 0 heterocycles. The molecule has 0 atom stereocenters. The van der Waals surface area contributed by atoms with Crippen molar-refractivity contribution in [2.45, 2.75) is 70.4 Å². The zero-order valence-corrected chi connectivity index (χ0v) is 14.2. The van der Waals surface area contributed by atoms with E-state index in [2.05, 4.69) is 6.92 Å².